The van der Waals surface area contributed by atoms with Crippen LogP contribution in [0.4, 0.5) is 17.6 Å². The Morgan fingerprint density at radius 1 is 0.920 bits per heavy atom. The molecular formula is C19H12F4O2. The highest BCUT2D eigenvalue weighted by Gasteiger charge is 2.14. The third-order valence-corrected chi connectivity index (χ3v) is 3.73. The van der Waals surface area contributed by atoms with Crippen LogP contribution in [0.1, 0.15) is 12.0 Å². The Morgan fingerprint density at radius 2 is 1.64 bits per heavy atom. The monoisotopic (exact) mass is 348 g/mol. The van der Waals surface area contributed by atoms with Crippen molar-refractivity contribution < 1.29 is 27.1 Å². The third kappa shape index (κ3) is 3.79. The molecule has 2 aromatic rings. The lowest BCUT2D eigenvalue weighted by Crippen LogP contribution is -2.03. The summed E-state index contributed by atoms with van der Waals surface area (Å²) >= 11 is 0. The van der Waals surface area contributed by atoms with E-state index >= 15 is 0 Å². The molecule has 0 aliphatic heterocycles. The summed E-state index contributed by atoms with van der Waals surface area (Å²) in [6, 6.07) is 7.67. The fourth-order valence-electron chi connectivity index (χ4n) is 2.53. The van der Waals surface area contributed by atoms with Gasteiger partial charge in [-0.1, -0.05) is 30.4 Å². The van der Waals surface area contributed by atoms with Crippen molar-refractivity contribution in [1.82, 2.24) is 0 Å². The van der Waals surface area contributed by atoms with E-state index in [0.717, 1.165) is 17.7 Å². The molecule has 0 fully saturated rings. The summed E-state index contributed by atoms with van der Waals surface area (Å²) in [5.41, 5.74) is 1.63. The lowest BCUT2D eigenvalue weighted by molar-refractivity contribution is -0.113. The van der Waals surface area contributed by atoms with E-state index in [1.807, 2.05) is 0 Å². The minimum absolute atomic E-state index is 0.0255. The first kappa shape index (κ1) is 17.0. The summed E-state index contributed by atoms with van der Waals surface area (Å²) in [7, 11) is 0. The van der Waals surface area contributed by atoms with Crippen LogP contribution in [0, 0.1) is 11.6 Å². The fourth-order valence-corrected chi connectivity index (χ4v) is 2.53. The molecule has 0 radical (unpaired) electrons. The number of alkyl halides is 2. The summed E-state index contributed by atoms with van der Waals surface area (Å²) in [4.78, 5) is 11.2. The van der Waals surface area contributed by atoms with Crippen molar-refractivity contribution in [3.8, 4) is 16.9 Å². The van der Waals surface area contributed by atoms with E-state index in [0.29, 0.717) is 5.56 Å². The molecule has 3 rings (SSSR count). The van der Waals surface area contributed by atoms with Gasteiger partial charge in [0.1, 0.15) is 5.82 Å². The van der Waals surface area contributed by atoms with E-state index in [1.165, 1.54) is 24.3 Å². The van der Waals surface area contributed by atoms with Crippen LogP contribution in [0.2, 0.25) is 0 Å². The highest BCUT2D eigenvalue weighted by atomic mass is 19.3. The number of allylic oxidation sites excluding steroid dienone is 4. The van der Waals surface area contributed by atoms with Gasteiger partial charge >= 0.3 is 6.61 Å². The van der Waals surface area contributed by atoms with Crippen LogP contribution < -0.4 is 4.74 Å². The van der Waals surface area contributed by atoms with Gasteiger partial charge in [-0.15, -0.1) is 0 Å². The second kappa shape index (κ2) is 6.93. The standard InChI is InChI=1S/C19H12F4O2/c20-16-9-12(11-1-5-14(24)6-2-11)3-7-15(16)13-4-8-18(17(21)10-13)25-19(22)23/h1-5,7-10,19H,6H2. The number of benzene rings is 2. The molecule has 0 amide bonds. The van der Waals surface area contributed by atoms with Crippen LogP contribution in [0.5, 0.6) is 5.75 Å². The molecule has 2 aromatic carbocycles. The zero-order valence-electron chi connectivity index (χ0n) is 12.8. The van der Waals surface area contributed by atoms with Crippen molar-refractivity contribution in [2.75, 3.05) is 0 Å². The van der Waals surface area contributed by atoms with Gasteiger partial charge < -0.3 is 4.74 Å². The topological polar surface area (TPSA) is 26.3 Å². The number of hydrogen-bond donors (Lipinski definition) is 0. The number of ketones is 1. The van der Waals surface area contributed by atoms with Gasteiger partial charge in [-0.25, -0.2) is 8.78 Å². The van der Waals surface area contributed by atoms with Crippen molar-refractivity contribution in [3.63, 3.8) is 0 Å². The number of hydrogen-bond acceptors (Lipinski definition) is 2. The predicted octanol–water partition coefficient (Wildman–Crippen LogP) is 5.15. The summed E-state index contributed by atoms with van der Waals surface area (Å²) in [5.74, 6) is -2.22. The SMILES string of the molecule is O=C1C=CC(c2ccc(-c3ccc(OC(F)F)c(F)c3)c(F)c2)=CC1. The summed E-state index contributed by atoms with van der Waals surface area (Å²) in [6.07, 6.45) is 4.99. The molecular weight excluding hydrogens is 336 g/mol. The average Bonchev–Trinajstić information content (AvgIpc) is 2.57. The summed E-state index contributed by atoms with van der Waals surface area (Å²) < 4.78 is 56.6. The molecule has 0 N–H and O–H groups in total. The van der Waals surface area contributed by atoms with Crippen LogP contribution in [-0.2, 0) is 4.79 Å². The van der Waals surface area contributed by atoms with Gasteiger partial charge in [0.2, 0.25) is 0 Å². The number of carbonyl (C=O) groups excluding carboxylic acids is 1. The highest BCUT2D eigenvalue weighted by Crippen LogP contribution is 2.30. The molecule has 0 heterocycles. The van der Waals surface area contributed by atoms with Crippen molar-refractivity contribution in [1.29, 1.82) is 0 Å². The van der Waals surface area contributed by atoms with E-state index in [2.05, 4.69) is 4.74 Å². The molecule has 0 saturated carbocycles. The van der Waals surface area contributed by atoms with Crippen LogP contribution >= 0.6 is 0 Å². The van der Waals surface area contributed by atoms with Gasteiger partial charge in [-0.3, -0.25) is 4.79 Å². The van der Waals surface area contributed by atoms with Crippen LogP contribution in [0.15, 0.2) is 54.6 Å². The molecule has 0 spiro atoms. The Bertz CT molecular complexity index is 885. The molecule has 1 aliphatic carbocycles. The Balaban J connectivity index is 1.90. The van der Waals surface area contributed by atoms with Gasteiger partial charge in [-0.2, -0.15) is 8.78 Å². The number of halogens is 4. The van der Waals surface area contributed by atoms with Gasteiger partial charge in [0, 0.05) is 12.0 Å². The summed E-state index contributed by atoms with van der Waals surface area (Å²) in [5, 5.41) is 0. The Labute approximate surface area is 141 Å². The molecule has 1 aliphatic rings. The van der Waals surface area contributed by atoms with Gasteiger partial charge in [-0.05, 0) is 41.0 Å². The zero-order chi connectivity index (χ0) is 18.0. The number of carbonyl (C=O) groups is 1. The Hall–Kier alpha value is -2.89. The molecule has 6 heteroatoms. The van der Waals surface area contributed by atoms with Crippen LogP contribution in [-0.4, -0.2) is 12.4 Å². The predicted molar refractivity (Wildman–Crippen MR) is 85.2 cm³/mol. The van der Waals surface area contributed by atoms with Crippen molar-refractivity contribution in [2.45, 2.75) is 13.0 Å². The second-order valence-electron chi connectivity index (χ2n) is 5.38. The van der Waals surface area contributed by atoms with Gasteiger partial charge in [0.05, 0.1) is 0 Å². The molecule has 0 unspecified atom stereocenters. The highest BCUT2D eigenvalue weighted by molar-refractivity contribution is 5.98. The smallest absolute Gasteiger partial charge is 0.387 e. The van der Waals surface area contributed by atoms with E-state index in [4.69, 9.17) is 0 Å². The molecule has 2 nitrogen and oxygen atoms in total. The Kier molecular flexibility index (Phi) is 4.70. The molecule has 25 heavy (non-hydrogen) atoms. The molecule has 0 atom stereocenters. The maximum atomic E-state index is 14.4. The first-order chi connectivity index (χ1) is 11.9. The van der Waals surface area contributed by atoms with Crippen LogP contribution in [0.3, 0.4) is 0 Å². The Morgan fingerprint density at radius 3 is 2.24 bits per heavy atom. The van der Waals surface area contributed by atoms with E-state index in [-0.39, 0.29) is 23.3 Å². The average molecular weight is 348 g/mol. The van der Waals surface area contributed by atoms with Crippen molar-refractivity contribution >= 4 is 11.4 Å². The maximum Gasteiger partial charge on any atom is 0.387 e. The fraction of sp³-hybridized carbons (Fsp3) is 0.105. The largest absolute Gasteiger partial charge is 0.432 e. The second-order valence-corrected chi connectivity index (χ2v) is 5.38. The van der Waals surface area contributed by atoms with E-state index in [1.54, 1.807) is 18.2 Å². The first-order valence-corrected chi connectivity index (χ1v) is 7.40. The van der Waals surface area contributed by atoms with Crippen molar-refractivity contribution in [2.24, 2.45) is 0 Å². The van der Waals surface area contributed by atoms with Crippen molar-refractivity contribution in [3.05, 3.63) is 71.8 Å². The van der Waals surface area contributed by atoms with Crippen LogP contribution in [0.25, 0.3) is 16.7 Å². The lowest BCUT2D eigenvalue weighted by atomic mass is 9.96. The van der Waals surface area contributed by atoms with Gasteiger partial charge in [0.25, 0.3) is 0 Å². The quantitative estimate of drug-likeness (QED) is 0.715. The molecule has 0 saturated heterocycles. The minimum Gasteiger partial charge on any atom is -0.432 e. The third-order valence-electron chi connectivity index (χ3n) is 3.73. The maximum absolute atomic E-state index is 14.4. The van der Waals surface area contributed by atoms with Gasteiger partial charge in [0.15, 0.2) is 17.3 Å². The lowest BCUT2D eigenvalue weighted by Gasteiger charge is -2.11. The van der Waals surface area contributed by atoms with E-state index in [9.17, 15) is 22.4 Å². The summed E-state index contributed by atoms with van der Waals surface area (Å²) in [6.45, 7) is -3.14. The zero-order valence-corrected chi connectivity index (χ0v) is 12.8. The molecule has 0 bridgehead atoms. The number of rotatable bonds is 4. The number of ether oxygens (including phenoxy) is 1. The minimum atomic E-state index is -3.14. The van der Waals surface area contributed by atoms with E-state index < -0.39 is 24.0 Å². The first-order valence-electron chi connectivity index (χ1n) is 7.40. The molecule has 0 aromatic heterocycles. The molecule has 128 valence electrons. The normalized spacial score (nSPS) is 14.0.